The van der Waals surface area contributed by atoms with E-state index in [9.17, 15) is 9.59 Å². The number of rotatable bonds is 6. The Bertz CT molecular complexity index is 766. The number of pyridine rings is 1. The van der Waals surface area contributed by atoms with Crippen LogP contribution >= 0.6 is 0 Å². The second kappa shape index (κ2) is 8.79. The highest BCUT2D eigenvalue weighted by Gasteiger charge is 2.31. The Morgan fingerprint density at radius 3 is 2.56 bits per heavy atom. The van der Waals surface area contributed by atoms with Crippen LogP contribution in [0.25, 0.3) is 0 Å². The molecular formula is C20H27N5O2. The first-order chi connectivity index (χ1) is 13.0. The Labute approximate surface area is 159 Å². The standard InChI is InChI=1S/C20H27N5O2/c1-14(26)22-13-15-6-8-16(9-7-15)19(17-5-3-4-11-21-17)24-20(27)18-10-12-23-25(18)2/h3-5,10-12,15-16,19H,6-9,13H2,1-2H3,(H,22,26)(H,24,27)/t15?,16?,19-/m0/s1. The maximum Gasteiger partial charge on any atom is 0.270 e. The zero-order valence-corrected chi connectivity index (χ0v) is 15.9. The van der Waals surface area contributed by atoms with Crippen molar-refractivity contribution >= 4 is 11.8 Å². The van der Waals surface area contributed by atoms with Gasteiger partial charge in [-0.2, -0.15) is 5.10 Å². The van der Waals surface area contributed by atoms with Crippen LogP contribution in [-0.4, -0.2) is 33.1 Å². The van der Waals surface area contributed by atoms with Gasteiger partial charge in [0, 0.05) is 32.9 Å². The first-order valence-electron chi connectivity index (χ1n) is 9.49. The zero-order valence-electron chi connectivity index (χ0n) is 15.9. The molecule has 7 heteroatoms. The molecule has 1 aliphatic carbocycles. The first-order valence-corrected chi connectivity index (χ1v) is 9.49. The van der Waals surface area contributed by atoms with Gasteiger partial charge in [-0.15, -0.1) is 0 Å². The summed E-state index contributed by atoms with van der Waals surface area (Å²) in [5.41, 5.74) is 1.42. The molecule has 2 heterocycles. The van der Waals surface area contributed by atoms with Gasteiger partial charge >= 0.3 is 0 Å². The Morgan fingerprint density at radius 1 is 1.19 bits per heavy atom. The largest absolute Gasteiger partial charge is 0.356 e. The van der Waals surface area contributed by atoms with Gasteiger partial charge in [-0.1, -0.05) is 6.07 Å². The summed E-state index contributed by atoms with van der Waals surface area (Å²) in [6.45, 7) is 2.29. The van der Waals surface area contributed by atoms with Crippen molar-refractivity contribution < 1.29 is 9.59 Å². The second-order valence-corrected chi connectivity index (χ2v) is 7.26. The molecule has 7 nitrogen and oxygen atoms in total. The van der Waals surface area contributed by atoms with Gasteiger partial charge < -0.3 is 10.6 Å². The predicted octanol–water partition coefficient (Wildman–Crippen LogP) is 2.23. The molecule has 3 rings (SSSR count). The van der Waals surface area contributed by atoms with Gasteiger partial charge in [-0.3, -0.25) is 19.3 Å². The highest BCUT2D eigenvalue weighted by atomic mass is 16.2. The summed E-state index contributed by atoms with van der Waals surface area (Å²) in [5.74, 6) is 0.714. The molecule has 0 radical (unpaired) electrons. The molecule has 144 valence electrons. The molecular weight excluding hydrogens is 342 g/mol. The third kappa shape index (κ3) is 4.93. The number of aryl methyl sites for hydroxylation is 1. The fourth-order valence-corrected chi connectivity index (χ4v) is 3.82. The van der Waals surface area contributed by atoms with Crippen LogP contribution in [0.15, 0.2) is 36.7 Å². The average Bonchev–Trinajstić information content (AvgIpc) is 3.11. The van der Waals surface area contributed by atoms with Gasteiger partial charge in [0.25, 0.3) is 5.91 Å². The summed E-state index contributed by atoms with van der Waals surface area (Å²) in [7, 11) is 1.76. The van der Waals surface area contributed by atoms with E-state index in [0.29, 0.717) is 17.5 Å². The van der Waals surface area contributed by atoms with Crippen molar-refractivity contribution in [3.05, 3.63) is 48.0 Å². The summed E-state index contributed by atoms with van der Waals surface area (Å²) < 4.78 is 1.58. The summed E-state index contributed by atoms with van der Waals surface area (Å²) in [5, 5.41) is 10.2. The summed E-state index contributed by atoms with van der Waals surface area (Å²) >= 11 is 0. The Morgan fingerprint density at radius 2 is 1.96 bits per heavy atom. The molecule has 2 aromatic rings. The van der Waals surface area contributed by atoms with Crippen molar-refractivity contribution in [3.8, 4) is 0 Å². The van der Waals surface area contributed by atoms with Crippen LogP contribution in [0.1, 0.15) is 54.8 Å². The number of nitrogens with one attached hydrogen (secondary N) is 2. The molecule has 0 spiro atoms. The molecule has 0 aliphatic heterocycles. The lowest BCUT2D eigenvalue weighted by molar-refractivity contribution is -0.119. The molecule has 1 saturated carbocycles. The molecule has 27 heavy (non-hydrogen) atoms. The second-order valence-electron chi connectivity index (χ2n) is 7.26. The lowest BCUT2D eigenvalue weighted by Gasteiger charge is -2.34. The van der Waals surface area contributed by atoms with Crippen molar-refractivity contribution in [1.82, 2.24) is 25.4 Å². The number of amides is 2. The number of hydrogen-bond donors (Lipinski definition) is 2. The Balaban J connectivity index is 1.69. The van der Waals surface area contributed by atoms with E-state index in [0.717, 1.165) is 37.9 Å². The average molecular weight is 369 g/mol. The van der Waals surface area contributed by atoms with Crippen LogP contribution in [0.3, 0.4) is 0 Å². The van der Waals surface area contributed by atoms with E-state index in [4.69, 9.17) is 0 Å². The van der Waals surface area contributed by atoms with Gasteiger partial charge in [0.2, 0.25) is 5.91 Å². The van der Waals surface area contributed by atoms with Crippen LogP contribution in [0, 0.1) is 11.8 Å². The molecule has 1 fully saturated rings. The minimum Gasteiger partial charge on any atom is -0.356 e. The van der Waals surface area contributed by atoms with Crippen LogP contribution in [0.5, 0.6) is 0 Å². The summed E-state index contributed by atoms with van der Waals surface area (Å²) in [6, 6.07) is 7.39. The number of carbonyl (C=O) groups is 2. The van der Waals surface area contributed by atoms with Crippen molar-refractivity contribution in [3.63, 3.8) is 0 Å². The molecule has 2 aromatic heterocycles. The van der Waals surface area contributed by atoms with Crippen molar-refractivity contribution in [2.24, 2.45) is 18.9 Å². The fraction of sp³-hybridized carbons (Fsp3) is 0.500. The third-order valence-corrected chi connectivity index (χ3v) is 5.35. The molecule has 0 saturated heterocycles. The van der Waals surface area contributed by atoms with Crippen LogP contribution < -0.4 is 10.6 Å². The molecule has 0 bridgehead atoms. The predicted molar refractivity (Wildman–Crippen MR) is 102 cm³/mol. The van der Waals surface area contributed by atoms with E-state index < -0.39 is 0 Å². The van der Waals surface area contributed by atoms with E-state index in [1.165, 1.54) is 0 Å². The smallest absolute Gasteiger partial charge is 0.270 e. The number of nitrogens with zero attached hydrogens (tertiary/aromatic N) is 3. The molecule has 0 aromatic carbocycles. The van der Waals surface area contributed by atoms with E-state index in [-0.39, 0.29) is 17.9 Å². The van der Waals surface area contributed by atoms with E-state index in [1.54, 1.807) is 37.1 Å². The van der Waals surface area contributed by atoms with E-state index in [2.05, 4.69) is 20.7 Å². The minimum atomic E-state index is -0.133. The Kier molecular flexibility index (Phi) is 6.21. The van der Waals surface area contributed by atoms with Crippen molar-refractivity contribution in [1.29, 1.82) is 0 Å². The van der Waals surface area contributed by atoms with Crippen LogP contribution in [-0.2, 0) is 11.8 Å². The number of hydrogen-bond acceptors (Lipinski definition) is 4. The summed E-state index contributed by atoms with van der Waals surface area (Å²) in [6.07, 6.45) is 7.46. The van der Waals surface area contributed by atoms with Crippen LogP contribution in [0.4, 0.5) is 0 Å². The number of carbonyl (C=O) groups excluding carboxylic acids is 2. The highest BCUT2D eigenvalue weighted by molar-refractivity contribution is 5.92. The van der Waals surface area contributed by atoms with Gasteiger partial charge in [0.05, 0.1) is 11.7 Å². The van der Waals surface area contributed by atoms with Crippen molar-refractivity contribution in [2.75, 3.05) is 6.54 Å². The van der Waals surface area contributed by atoms with Gasteiger partial charge in [-0.05, 0) is 55.7 Å². The quantitative estimate of drug-likeness (QED) is 0.817. The minimum absolute atomic E-state index is 0.0203. The zero-order chi connectivity index (χ0) is 19.2. The van der Waals surface area contributed by atoms with Gasteiger partial charge in [0.1, 0.15) is 5.69 Å². The number of aromatic nitrogens is 3. The van der Waals surface area contributed by atoms with Crippen molar-refractivity contribution in [2.45, 2.75) is 38.6 Å². The van der Waals surface area contributed by atoms with Gasteiger partial charge in [-0.25, -0.2) is 0 Å². The highest BCUT2D eigenvalue weighted by Crippen LogP contribution is 2.36. The van der Waals surface area contributed by atoms with E-state index in [1.807, 2.05) is 18.2 Å². The topological polar surface area (TPSA) is 88.9 Å². The maximum absolute atomic E-state index is 12.7. The molecule has 2 N–H and O–H groups in total. The molecule has 1 atom stereocenters. The SMILES string of the molecule is CC(=O)NCC1CCC([C@H](NC(=O)c2ccnn2C)c2ccccn2)CC1. The lowest BCUT2D eigenvalue weighted by Crippen LogP contribution is -2.37. The molecule has 1 aliphatic rings. The molecule has 2 amide bonds. The maximum atomic E-state index is 12.7. The third-order valence-electron chi connectivity index (χ3n) is 5.35. The fourth-order valence-electron chi connectivity index (χ4n) is 3.82. The lowest BCUT2D eigenvalue weighted by atomic mass is 9.77. The van der Waals surface area contributed by atoms with Crippen LogP contribution in [0.2, 0.25) is 0 Å². The normalized spacial score (nSPS) is 20.7. The molecule has 0 unspecified atom stereocenters. The Hall–Kier alpha value is -2.70. The summed E-state index contributed by atoms with van der Waals surface area (Å²) in [4.78, 5) is 28.4. The first kappa shape index (κ1) is 19.1. The van der Waals surface area contributed by atoms with Gasteiger partial charge in [0.15, 0.2) is 0 Å². The van der Waals surface area contributed by atoms with E-state index >= 15 is 0 Å². The monoisotopic (exact) mass is 369 g/mol.